The van der Waals surface area contributed by atoms with Crippen molar-refractivity contribution in [2.75, 3.05) is 26.7 Å². The van der Waals surface area contributed by atoms with E-state index in [1.807, 2.05) is 0 Å². The molecule has 1 fully saturated rings. The van der Waals surface area contributed by atoms with Crippen LogP contribution in [0.1, 0.15) is 31.4 Å². The molecule has 0 spiro atoms. The molecule has 0 bridgehead atoms. The Balaban J connectivity index is 2.08. The summed E-state index contributed by atoms with van der Waals surface area (Å²) in [4.78, 5) is 5.00. The number of likely N-dealkylation sites (N-methyl/N-ethyl adjacent to an activating group) is 1. The highest BCUT2D eigenvalue weighted by atomic mass is 15.3. The molecule has 1 aliphatic heterocycles. The third kappa shape index (κ3) is 3.22. The third-order valence-electron chi connectivity index (χ3n) is 4.78. The van der Waals surface area contributed by atoms with Crippen LogP contribution in [-0.4, -0.2) is 48.1 Å². The van der Waals surface area contributed by atoms with Gasteiger partial charge in [0.05, 0.1) is 0 Å². The first-order chi connectivity index (χ1) is 9.47. The van der Waals surface area contributed by atoms with Gasteiger partial charge < -0.3 is 5.73 Å². The molecule has 20 heavy (non-hydrogen) atoms. The average molecular weight is 275 g/mol. The van der Waals surface area contributed by atoms with Crippen molar-refractivity contribution in [3.8, 4) is 0 Å². The fourth-order valence-corrected chi connectivity index (χ4v) is 3.21. The molecule has 0 amide bonds. The minimum absolute atomic E-state index is 0.133. The lowest BCUT2D eigenvalue weighted by Gasteiger charge is -2.38. The molecule has 1 saturated heterocycles. The van der Waals surface area contributed by atoms with Gasteiger partial charge >= 0.3 is 0 Å². The third-order valence-corrected chi connectivity index (χ3v) is 4.78. The van der Waals surface area contributed by atoms with Crippen molar-refractivity contribution in [2.24, 2.45) is 5.73 Å². The number of hydrogen-bond acceptors (Lipinski definition) is 3. The number of hydrogen-bond donors (Lipinski definition) is 1. The van der Waals surface area contributed by atoms with Gasteiger partial charge in [-0.05, 0) is 39.8 Å². The van der Waals surface area contributed by atoms with Gasteiger partial charge in [0, 0.05) is 37.8 Å². The predicted molar refractivity (Wildman–Crippen MR) is 85.8 cm³/mol. The minimum Gasteiger partial charge on any atom is -0.329 e. The van der Waals surface area contributed by atoms with E-state index >= 15 is 0 Å². The molecule has 1 aliphatic rings. The molecule has 2 N–H and O–H groups in total. The van der Waals surface area contributed by atoms with E-state index in [0.717, 1.165) is 26.2 Å². The van der Waals surface area contributed by atoms with Crippen molar-refractivity contribution in [2.45, 2.75) is 45.3 Å². The minimum atomic E-state index is 0.133. The molecule has 0 aromatic heterocycles. The van der Waals surface area contributed by atoms with E-state index in [4.69, 9.17) is 5.73 Å². The lowest BCUT2D eigenvalue weighted by atomic mass is 9.95. The van der Waals surface area contributed by atoms with Gasteiger partial charge in [0.1, 0.15) is 0 Å². The predicted octanol–water partition coefficient (Wildman–Crippen LogP) is 2.24. The monoisotopic (exact) mass is 275 g/mol. The summed E-state index contributed by atoms with van der Waals surface area (Å²) in [5.41, 5.74) is 8.99. The first-order valence-electron chi connectivity index (χ1n) is 7.68. The molecule has 1 unspecified atom stereocenters. The van der Waals surface area contributed by atoms with E-state index < -0.39 is 0 Å². The van der Waals surface area contributed by atoms with Crippen LogP contribution < -0.4 is 5.73 Å². The lowest BCUT2D eigenvalue weighted by Crippen LogP contribution is -2.54. The zero-order valence-electron chi connectivity index (χ0n) is 13.4. The Labute approximate surface area is 123 Å². The van der Waals surface area contributed by atoms with Crippen LogP contribution in [-0.2, 0) is 6.54 Å². The second-order valence-corrected chi connectivity index (χ2v) is 6.59. The molecule has 3 nitrogen and oxygen atoms in total. The average Bonchev–Trinajstić information content (AvgIpc) is 2.84. The summed E-state index contributed by atoms with van der Waals surface area (Å²) in [5.74, 6) is 0. The van der Waals surface area contributed by atoms with Crippen LogP contribution in [0, 0.1) is 6.92 Å². The van der Waals surface area contributed by atoms with E-state index in [0.29, 0.717) is 6.04 Å². The van der Waals surface area contributed by atoms with Gasteiger partial charge in [0.25, 0.3) is 0 Å². The number of benzene rings is 1. The van der Waals surface area contributed by atoms with Gasteiger partial charge in [-0.15, -0.1) is 0 Å². The van der Waals surface area contributed by atoms with Crippen LogP contribution in [0.5, 0.6) is 0 Å². The molecule has 3 heteroatoms. The summed E-state index contributed by atoms with van der Waals surface area (Å²) < 4.78 is 0. The highest BCUT2D eigenvalue weighted by Crippen LogP contribution is 2.28. The standard InChI is InChI=1S/C17H29N3/c1-14(2)20-9-8-17(12-18,13-20)19(4)11-16-7-5-6-15(3)10-16/h5-7,10,14H,8-9,11-13,18H2,1-4H3. The van der Waals surface area contributed by atoms with Crippen molar-refractivity contribution < 1.29 is 0 Å². The number of nitrogens with two attached hydrogens (primary N) is 1. The van der Waals surface area contributed by atoms with Crippen molar-refractivity contribution in [1.29, 1.82) is 0 Å². The van der Waals surface area contributed by atoms with Crippen molar-refractivity contribution in [3.63, 3.8) is 0 Å². The van der Waals surface area contributed by atoms with Crippen LogP contribution in [0.3, 0.4) is 0 Å². The maximum absolute atomic E-state index is 6.15. The summed E-state index contributed by atoms with van der Waals surface area (Å²) in [6.07, 6.45) is 1.17. The lowest BCUT2D eigenvalue weighted by molar-refractivity contribution is 0.116. The largest absolute Gasteiger partial charge is 0.329 e. The molecule has 1 heterocycles. The normalized spacial score (nSPS) is 23.9. The number of nitrogens with zero attached hydrogens (tertiary/aromatic N) is 2. The van der Waals surface area contributed by atoms with E-state index in [1.54, 1.807) is 0 Å². The maximum Gasteiger partial charge on any atom is 0.0471 e. The van der Waals surface area contributed by atoms with Gasteiger partial charge in [0.2, 0.25) is 0 Å². The smallest absolute Gasteiger partial charge is 0.0471 e. The highest BCUT2D eigenvalue weighted by Gasteiger charge is 2.40. The van der Waals surface area contributed by atoms with Crippen LogP contribution in [0.2, 0.25) is 0 Å². The molecular formula is C17H29N3. The van der Waals surface area contributed by atoms with Crippen LogP contribution in [0.25, 0.3) is 0 Å². The summed E-state index contributed by atoms with van der Waals surface area (Å²) in [6.45, 7) is 10.7. The first kappa shape index (κ1) is 15.5. The van der Waals surface area contributed by atoms with Gasteiger partial charge in [-0.2, -0.15) is 0 Å². The molecule has 0 aliphatic carbocycles. The van der Waals surface area contributed by atoms with Crippen molar-refractivity contribution in [3.05, 3.63) is 35.4 Å². The summed E-state index contributed by atoms with van der Waals surface area (Å²) in [5, 5.41) is 0. The van der Waals surface area contributed by atoms with E-state index in [2.05, 4.69) is 61.9 Å². The Hall–Kier alpha value is -0.900. The van der Waals surface area contributed by atoms with Gasteiger partial charge in [-0.25, -0.2) is 0 Å². The Kier molecular flexibility index (Phi) is 4.84. The molecule has 0 saturated carbocycles. The SMILES string of the molecule is Cc1cccc(CN(C)C2(CN)CCN(C(C)C)C2)c1. The molecule has 2 rings (SSSR count). The van der Waals surface area contributed by atoms with Crippen molar-refractivity contribution >= 4 is 0 Å². The number of rotatable bonds is 5. The van der Waals surface area contributed by atoms with Gasteiger partial charge in [-0.1, -0.05) is 29.8 Å². The number of likely N-dealkylation sites (tertiary alicyclic amines) is 1. The fourth-order valence-electron chi connectivity index (χ4n) is 3.21. The molecule has 0 radical (unpaired) electrons. The highest BCUT2D eigenvalue weighted by molar-refractivity contribution is 5.22. The van der Waals surface area contributed by atoms with Gasteiger partial charge in [-0.3, -0.25) is 9.80 Å². The second kappa shape index (κ2) is 6.25. The summed E-state index contributed by atoms with van der Waals surface area (Å²) in [6, 6.07) is 9.38. The Morgan fingerprint density at radius 1 is 1.40 bits per heavy atom. The first-order valence-corrected chi connectivity index (χ1v) is 7.68. The topological polar surface area (TPSA) is 32.5 Å². The summed E-state index contributed by atoms with van der Waals surface area (Å²) >= 11 is 0. The van der Waals surface area contributed by atoms with Crippen LogP contribution in [0.4, 0.5) is 0 Å². The van der Waals surface area contributed by atoms with E-state index in [1.165, 1.54) is 17.5 Å². The van der Waals surface area contributed by atoms with Crippen molar-refractivity contribution in [1.82, 2.24) is 9.80 Å². The molecule has 1 aromatic carbocycles. The van der Waals surface area contributed by atoms with Gasteiger partial charge in [0.15, 0.2) is 0 Å². The Morgan fingerprint density at radius 2 is 2.15 bits per heavy atom. The van der Waals surface area contributed by atoms with E-state index in [9.17, 15) is 0 Å². The molecular weight excluding hydrogens is 246 g/mol. The zero-order valence-corrected chi connectivity index (χ0v) is 13.4. The fraction of sp³-hybridized carbons (Fsp3) is 0.647. The summed E-state index contributed by atoms with van der Waals surface area (Å²) in [7, 11) is 2.22. The van der Waals surface area contributed by atoms with Crippen LogP contribution >= 0.6 is 0 Å². The molecule has 1 aromatic rings. The second-order valence-electron chi connectivity index (χ2n) is 6.59. The quantitative estimate of drug-likeness (QED) is 0.894. The number of aryl methyl sites for hydroxylation is 1. The maximum atomic E-state index is 6.15. The Bertz CT molecular complexity index is 444. The zero-order chi connectivity index (χ0) is 14.8. The molecule has 112 valence electrons. The van der Waals surface area contributed by atoms with E-state index in [-0.39, 0.29) is 5.54 Å². The molecule has 1 atom stereocenters. The van der Waals surface area contributed by atoms with Crippen LogP contribution in [0.15, 0.2) is 24.3 Å². The Morgan fingerprint density at radius 3 is 2.70 bits per heavy atom.